The molecule has 3 aromatic rings. The van der Waals surface area contributed by atoms with Crippen LogP contribution in [0.5, 0.6) is 0 Å². The molecular weight excluding hydrogens is 390 g/mol. The Morgan fingerprint density at radius 1 is 1.28 bits per heavy atom. The summed E-state index contributed by atoms with van der Waals surface area (Å²) in [6, 6.07) is 7.46. The lowest BCUT2D eigenvalue weighted by Crippen LogP contribution is -2.57. The van der Waals surface area contributed by atoms with Gasteiger partial charge in [-0.15, -0.1) is 0 Å². The first-order chi connectivity index (χ1) is 13.9. The fourth-order valence-electron chi connectivity index (χ4n) is 4.06. The number of hydrogen-bond acceptors (Lipinski definition) is 6. The van der Waals surface area contributed by atoms with Crippen molar-refractivity contribution in [2.24, 2.45) is 7.05 Å². The number of fused-ring (bicyclic) bond motifs is 1. The van der Waals surface area contributed by atoms with Gasteiger partial charge in [0.2, 0.25) is 5.91 Å². The van der Waals surface area contributed by atoms with Gasteiger partial charge in [-0.3, -0.25) is 9.69 Å². The summed E-state index contributed by atoms with van der Waals surface area (Å²) in [5.41, 5.74) is 2.98. The summed E-state index contributed by atoms with van der Waals surface area (Å²) in [5.74, 6) is -0.115. The van der Waals surface area contributed by atoms with Gasteiger partial charge in [-0.05, 0) is 26.0 Å². The first-order valence-electron chi connectivity index (χ1n) is 9.60. The zero-order valence-corrected chi connectivity index (χ0v) is 17.4. The molecule has 2 aromatic heterocycles. The van der Waals surface area contributed by atoms with E-state index < -0.39 is 0 Å². The van der Waals surface area contributed by atoms with Crippen LogP contribution in [0.1, 0.15) is 25.6 Å². The third-order valence-corrected chi connectivity index (χ3v) is 5.55. The highest BCUT2D eigenvalue weighted by Crippen LogP contribution is 2.30. The molecule has 3 heterocycles. The Bertz CT molecular complexity index is 1040. The monoisotopic (exact) mass is 413 g/mol. The molecule has 152 valence electrons. The van der Waals surface area contributed by atoms with Gasteiger partial charge in [0, 0.05) is 25.7 Å². The number of piperazine rings is 1. The number of aromatic nitrogens is 4. The molecule has 4 rings (SSSR count). The lowest BCUT2D eigenvalue weighted by atomic mass is 9.98. The van der Waals surface area contributed by atoms with E-state index in [-0.39, 0.29) is 30.6 Å². The van der Waals surface area contributed by atoms with Crippen molar-refractivity contribution in [2.45, 2.75) is 32.0 Å². The van der Waals surface area contributed by atoms with E-state index in [2.05, 4.69) is 44.3 Å². The summed E-state index contributed by atoms with van der Waals surface area (Å²) in [6.07, 6.45) is 3.30. The van der Waals surface area contributed by atoms with E-state index in [9.17, 15) is 4.79 Å². The van der Waals surface area contributed by atoms with Crippen LogP contribution in [0, 0.1) is 0 Å². The van der Waals surface area contributed by atoms with Crippen LogP contribution in [0.25, 0.3) is 11.2 Å². The summed E-state index contributed by atoms with van der Waals surface area (Å²) in [4.78, 5) is 28.4. The summed E-state index contributed by atoms with van der Waals surface area (Å²) >= 11 is 6.18. The standard InChI is InChI=1S/C20H24ClN7O/c1-12-8-28(9-16(29)26-15-7-5-4-6-14(15)21)19(13(2)25-12)17-18-20(23-10-22-17)27(3)11-24-18/h4-7,10-13,19,25H,8-9H2,1-3H3,(H,26,29)/t12?,13-,19-/m0/s1. The lowest BCUT2D eigenvalue weighted by Gasteiger charge is -2.42. The van der Waals surface area contributed by atoms with Gasteiger partial charge in [-0.25, -0.2) is 15.0 Å². The van der Waals surface area contributed by atoms with Gasteiger partial charge in [0.05, 0.1) is 35.3 Å². The highest BCUT2D eigenvalue weighted by atomic mass is 35.5. The number of rotatable bonds is 4. The van der Waals surface area contributed by atoms with Crippen molar-refractivity contribution < 1.29 is 4.79 Å². The van der Waals surface area contributed by atoms with Crippen molar-refractivity contribution in [3.63, 3.8) is 0 Å². The van der Waals surface area contributed by atoms with Gasteiger partial charge in [-0.2, -0.15) is 0 Å². The Hall–Kier alpha value is -2.55. The van der Waals surface area contributed by atoms with E-state index in [1.54, 1.807) is 24.8 Å². The molecule has 29 heavy (non-hydrogen) atoms. The molecule has 1 aliphatic heterocycles. The Labute approximate surface area is 174 Å². The van der Waals surface area contributed by atoms with E-state index in [0.717, 1.165) is 16.9 Å². The fourth-order valence-corrected chi connectivity index (χ4v) is 4.25. The fraction of sp³-hybridized carbons (Fsp3) is 0.400. The predicted molar refractivity (Wildman–Crippen MR) is 113 cm³/mol. The number of para-hydroxylation sites is 1. The number of halogens is 1. The third kappa shape index (κ3) is 3.96. The predicted octanol–water partition coefficient (Wildman–Crippen LogP) is 2.38. The van der Waals surface area contributed by atoms with Crippen molar-refractivity contribution in [2.75, 3.05) is 18.4 Å². The van der Waals surface area contributed by atoms with Gasteiger partial charge >= 0.3 is 0 Å². The van der Waals surface area contributed by atoms with Crippen LogP contribution in [-0.2, 0) is 11.8 Å². The molecule has 9 heteroatoms. The molecule has 1 aliphatic rings. The van der Waals surface area contributed by atoms with Crippen molar-refractivity contribution in [1.29, 1.82) is 0 Å². The normalized spacial score (nSPS) is 22.7. The molecule has 0 aliphatic carbocycles. The maximum atomic E-state index is 12.8. The van der Waals surface area contributed by atoms with E-state index in [0.29, 0.717) is 17.3 Å². The maximum absolute atomic E-state index is 12.8. The number of carbonyl (C=O) groups is 1. The van der Waals surface area contributed by atoms with Crippen molar-refractivity contribution in [1.82, 2.24) is 29.7 Å². The van der Waals surface area contributed by atoms with E-state index in [1.165, 1.54) is 0 Å². The second-order valence-corrected chi connectivity index (χ2v) is 7.95. The second kappa shape index (κ2) is 8.06. The zero-order chi connectivity index (χ0) is 20.5. The number of hydrogen-bond donors (Lipinski definition) is 2. The highest BCUT2D eigenvalue weighted by molar-refractivity contribution is 6.33. The van der Waals surface area contributed by atoms with Crippen LogP contribution in [-0.4, -0.2) is 55.5 Å². The minimum Gasteiger partial charge on any atom is -0.324 e. The lowest BCUT2D eigenvalue weighted by molar-refractivity contribution is -0.118. The zero-order valence-electron chi connectivity index (χ0n) is 16.6. The van der Waals surface area contributed by atoms with Crippen LogP contribution in [0.3, 0.4) is 0 Å². The number of amides is 1. The number of benzene rings is 1. The number of anilines is 1. The third-order valence-electron chi connectivity index (χ3n) is 5.22. The Balaban J connectivity index is 1.62. The molecule has 1 aromatic carbocycles. The summed E-state index contributed by atoms with van der Waals surface area (Å²) < 4.78 is 1.87. The van der Waals surface area contributed by atoms with Gasteiger partial charge < -0.3 is 15.2 Å². The molecular formula is C20H24ClN7O. The SMILES string of the molecule is CC1CN(CC(=O)Nc2ccccc2Cl)[C@H](c2ncnc3c2ncn3C)[C@H](C)N1. The first kappa shape index (κ1) is 19.8. The van der Waals surface area contributed by atoms with Gasteiger partial charge in [-0.1, -0.05) is 23.7 Å². The maximum Gasteiger partial charge on any atom is 0.238 e. The summed E-state index contributed by atoms with van der Waals surface area (Å²) in [7, 11) is 1.91. The highest BCUT2D eigenvalue weighted by Gasteiger charge is 2.36. The molecule has 0 saturated carbocycles. The molecule has 0 spiro atoms. The molecule has 2 N–H and O–H groups in total. The molecule has 8 nitrogen and oxygen atoms in total. The average Bonchev–Trinajstić information content (AvgIpc) is 3.05. The van der Waals surface area contributed by atoms with E-state index >= 15 is 0 Å². The summed E-state index contributed by atoms with van der Waals surface area (Å²) in [6.45, 7) is 5.16. The molecule has 0 bridgehead atoms. The first-order valence-corrected chi connectivity index (χ1v) is 9.98. The topological polar surface area (TPSA) is 88.0 Å². The van der Waals surface area contributed by atoms with Gasteiger partial charge in [0.1, 0.15) is 11.8 Å². The van der Waals surface area contributed by atoms with E-state index in [4.69, 9.17) is 11.6 Å². The molecule has 1 amide bonds. The average molecular weight is 414 g/mol. The number of aryl methyl sites for hydroxylation is 1. The van der Waals surface area contributed by atoms with Crippen LogP contribution < -0.4 is 10.6 Å². The molecule has 1 unspecified atom stereocenters. The number of nitrogens with zero attached hydrogens (tertiary/aromatic N) is 5. The Morgan fingerprint density at radius 3 is 2.86 bits per heavy atom. The molecule has 1 saturated heterocycles. The van der Waals surface area contributed by atoms with Crippen LogP contribution >= 0.6 is 11.6 Å². The second-order valence-electron chi connectivity index (χ2n) is 7.55. The molecule has 3 atom stereocenters. The number of carbonyl (C=O) groups excluding carboxylic acids is 1. The van der Waals surface area contributed by atoms with Gasteiger partial charge in [0.15, 0.2) is 5.65 Å². The molecule has 1 fully saturated rings. The van der Waals surface area contributed by atoms with Crippen molar-refractivity contribution in [3.8, 4) is 0 Å². The number of imidazole rings is 1. The van der Waals surface area contributed by atoms with Crippen LogP contribution in [0.4, 0.5) is 5.69 Å². The van der Waals surface area contributed by atoms with Crippen LogP contribution in [0.2, 0.25) is 5.02 Å². The Kier molecular flexibility index (Phi) is 5.49. The molecule has 0 radical (unpaired) electrons. The minimum absolute atomic E-state index is 0.0898. The Morgan fingerprint density at radius 2 is 2.07 bits per heavy atom. The number of nitrogens with one attached hydrogen (secondary N) is 2. The van der Waals surface area contributed by atoms with E-state index in [1.807, 2.05) is 23.7 Å². The summed E-state index contributed by atoms with van der Waals surface area (Å²) in [5, 5.41) is 7.01. The largest absolute Gasteiger partial charge is 0.324 e. The smallest absolute Gasteiger partial charge is 0.238 e. The van der Waals surface area contributed by atoms with Crippen LogP contribution in [0.15, 0.2) is 36.9 Å². The quantitative estimate of drug-likeness (QED) is 0.682. The van der Waals surface area contributed by atoms with Crippen molar-refractivity contribution in [3.05, 3.63) is 47.6 Å². The minimum atomic E-state index is -0.115. The van der Waals surface area contributed by atoms with Crippen molar-refractivity contribution >= 4 is 34.4 Å². The van der Waals surface area contributed by atoms with Gasteiger partial charge in [0.25, 0.3) is 0 Å².